The van der Waals surface area contributed by atoms with Crippen LogP contribution in [0.3, 0.4) is 0 Å². The van der Waals surface area contributed by atoms with Gasteiger partial charge in [0.2, 0.25) is 0 Å². The molecular formula is C13H16INS2. The van der Waals surface area contributed by atoms with Crippen LogP contribution >= 0.6 is 45.3 Å². The fourth-order valence-electron chi connectivity index (χ4n) is 1.99. The third kappa shape index (κ3) is 3.10. The number of aryl methyl sites for hydroxylation is 2. The van der Waals surface area contributed by atoms with E-state index in [-0.39, 0.29) is 0 Å². The molecule has 2 heterocycles. The maximum atomic E-state index is 3.60. The van der Waals surface area contributed by atoms with Crippen LogP contribution < -0.4 is 5.32 Å². The molecule has 0 amide bonds. The lowest BCUT2D eigenvalue weighted by Crippen LogP contribution is -2.21. The second kappa shape index (κ2) is 5.82. The molecule has 1 nitrogen and oxygen atoms in total. The quantitative estimate of drug-likeness (QED) is 0.760. The van der Waals surface area contributed by atoms with E-state index in [4.69, 9.17) is 0 Å². The predicted octanol–water partition coefficient (Wildman–Crippen LogP) is 4.73. The van der Waals surface area contributed by atoms with E-state index in [9.17, 15) is 0 Å². The summed E-state index contributed by atoms with van der Waals surface area (Å²) < 4.78 is 1.35. The number of hydrogen-bond donors (Lipinski definition) is 1. The van der Waals surface area contributed by atoms with Crippen molar-refractivity contribution in [1.29, 1.82) is 0 Å². The van der Waals surface area contributed by atoms with Crippen molar-refractivity contribution in [3.63, 3.8) is 0 Å². The summed E-state index contributed by atoms with van der Waals surface area (Å²) in [5.74, 6) is 0. The molecule has 0 aliphatic rings. The number of halogens is 1. The molecule has 4 heteroatoms. The Hall–Kier alpha value is 0.0900. The van der Waals surface area contributed by atoms with Gasteiger partial charge in [0, 0.05) is 9.75 Å². The molecule has 1 N–H and O–H groups in total. The van der Waals surface area contributed by atoms with Gasteiger partial charge in [-0.2, -0.15) is 0 Å². The van der Waals surface area contributed by atoms with Crippen LogP contribution in [0.2, 0.25) is 0 Å². The van der Waals surface area contributed by atoms with E-state index >= 15 is 0 Å². The number of nitrogens with one attached hydrogen (secondary N) is 1. The highest BCUT2D eigenvalue weighted by Gasteiger charge is 2.18. The maximum absolute atomic E-state index is 3.60. The van der Waals surface area contributed by atoms with Crippen LogP contribution in [0.15, 0.2) is 17.5 Å². The summed E-state index contributed by atoms with van der Waals surface area (Å²) in [7, 11) is 0. The Balaban J connectivity index is 2.38. The molecule has 2 aromatic rings. The Morgan fingerprint density at radius 1 is 1.35 bits per heavy atom. The molecule has 2 aromatic heterocycles. The highest BCUT2D eigenvalue weighted by molar-refractivity contribution is 14.1. The molecule has 1 atom stereocenters. The average Bonchev–Trinajstić information content (AvgIpc) is 2.82. The predicted molar refractivity (Wildman–Crippen MR) is 86.3 cm³/mol. The molecule has 0 aliphatic carbocycles. The van der Waals surface area contributed by atoms with Gasteiger partial charge in [-0.3, -0.25) is 0 Å². The van der Waals surface area contributed by atoms with Gasteiger partial charge in [-0.25, -0.2) is 0 Å². The zero-order valence-electron chi connectivity index (χ0n) is 10.2. The molecule has 0 radical (unpaired) electrons. The number of rotatable bonds is 4. The summed E-state index contributed by atoms with van der Waals surface area (Å²) in [5.41, 5.74) is 2.80. The van der Waals surface area contributed by atoms with Crippen LogP contribution in [0.25, 0.3) is 0 Å². The molecule has 17 heavy (non-hydrogen) atoms. The van der Waals surface area contributed by atoms with Crippen LogP contribution in [0.4, 0.5) is 0 Å². The average molecular weight is 377 g/mol. The summed E-state index contributed by atoms with van der Waals surface area (Å²) in [6, 6.07) is 4.92. The Bertz CT molecular complexity index is 501. The van der Waals surface area contributed by atoms with E-state index in [2.05, 4.69) is 66.2 Å². The highest BCUT2D eigenvalue weighted by Crippen LogP contribution is 2.34. The second-order valence-corrected chi connectivity index (χ2v) is 8.17. The van der Waals surface area contributed by atoms with Crippen molar-refractivity contribution in [2.24, 2.45) is 0 Å². The first-order chi connectivity index (χ1) is 8.11. The van der Waals surface area contributed by atoms with Crippen molar-refractivity contribution in [2.75, 3.05) is 6.54 Å². The Morgan fingerprint density at radius 3 is 2.59 bits per heavy atom. The topological polar surface area (TPSA) is 12.0 Å². The Morgan fingerprint density at radius 2 is 2.12 bits per heavy atom. The van der Waals surface area contributed by atoms with E-state index in [0.29, 0.717) is 6.04 Å². The van der Waals surface area contributed by atoms with Gasteiger partial charge in [0.25, 0.3) is 0 Å². The Kier molecular flexibility index (Phi) is 4.63. The zero-order chi connectivity index (χ0) is 12.4. The van der Waals surface area contributed by atoms with Crippen molar-refractivity contribution in [2.45, 2.75) is 26.8 Å². The van der Waals surface area contributed by atoms with E-state index < -0.39 is 0 Å². The van der Waals surface area contributed by atoms with Crippen LogP contribution in [0, 0.1) is 16.7 Å². The number of thiophene rings is 2. The minimum absolute atomic E-state index is 0.360. The van der Waals surface area contributed by atoms with Crippen LogP contribution in [-0.2, 0) is 0 Å². The van der Waals surface area contributed by atoms with Crippen LogP contribution in [0.5, 0.6) is 0 Å². The lowest BCUT2D eigenvalue weighted by Gasteiger charge is -2.16. The van der Waals surface area contributed by atoms with Gasteiger partial charge in [-0.15, -0.1) is 22.7 Å². The standard InChI is InChI=1S/C13H16INS2/c1-4-15-12(10-6-11(14)16-7-10)13-8(2)5-9(3)17-13/h5-7,12,15H,4H2,1-3H3. The SMILES string of the molecule is CCNC(c1csc(I)c1)c1sc(C)cc1C. The summed E-state index contributed by atoms with van der Waals surface area (Å²) in [4.78, 5) is 2.85. The molecule has 0 spiro atoms. The molecule has 0 saturated heterocycles. The van der Waals surface area contributed by atoms with Gasteiger partial charge >= 0.3 is 0 Å². The Labute approximate surface area is 124 Å². The molecule has 92 valence electrons. The van der Waals surface area contributed by atoms with Crippen molar-refractivity contribution < 1.29 is 0 Å². The van der Waals surface area contributed by atoms with Crippen molar-refractivity contribution in [3.8, 4) is 0 Å². The molecule has 0 fully saturated rings. The van der Waals surface area contributed by atoms with E-state index in [1.807, 2.05) is 22.7 Å². The van der Waals surface area contributed by atoms with Crippen LogP contribution in [0.1, 0.15) is 33.8 Å². The molecule has 0 aliphatic heterocycles. The van der Waals surface area contributed by atoms with Crippen LogP contribution in [-0.4, -0.2) is 6.54 Å². The molecule has 2 rings (SSSR count). The van der Waals surface area contributed by atoms with Gasteiger partial charge in [-0.05, 0) is 71.6 Å². The lowest BCUT2D eigenvalue weighted by molar-refractivity contribution is 0.639. The minimum atomic E-state index is 0.360. The summed E-state index contributed by atoms with van der Waals surface area (Å²) >= 11 is 6.11. The monoisotopic (exact) mass is 377 g/mol. The van der Waals surface area contributed by atoms with Crippen molar-refractivity contribution >= 4 is 45.3 Å². The molecule has 1 unspecified atom stereocenters. The highest BCUT2D eigenvalue weighted by atomic mass is 127. The molecular weight excluding hydrogens is 361 g/mol. The van der Waals surface area contributed by atoms with E-state index in [0.717, 1.165) is 6.54 Å². The van der Waals surface area contributed by atoms with E-state index in [1.54, 1.807) is 0 Å². The smallest absolute Gasteiger partial charge is 0.0682 e. The summed E-state index contributed by atoms with van der Waals surface area (Å²) in [5, 5.41) is 5.86. The van der Waals surface area contributed by atoms with Gasteiger partial charge in [0.05, 0.1) is 8.93 Å². The first-order valence-corrected chi connectivity index (χ1v) is 8.43. The third-order valence-electron chi connectivity index (χ3n) is 2.67. The first-order valence-electron chi connectivity index (χ1n) is 5.66. The zero-order valence-corrected chi connectivity index (χ0v) is 14.0. The fraction of sp³-hybridized carbons (Fsp3) is 0.385. The first kappa shape index (κ1) is 13.5. The number of hydrogen-bond acceptors (Lipinski definition) is 3. The van der Waals surface area contributed by atoms with Gasteiger partial charge < -0.3 is 5.32 Å². The maximum Gasteiger partial charge on any atom is 0.0682 e. The van der Waals surface area contributed by atoms with E-state index in [1.165, 1.54) is 23.8 Å². The lowest BCUT2D eigenvalue weighted by atomic mass is 10.1. The van der Waals surface area contributed by atoms with Gasteiger partial charge in [0.15, 0.2) is 0 Å². The minimum Gasteiger partial charge on any atom is -0.306 e. The second-order valence-electron chi connectivity index (χ2n) is 4.08. The van der Waals surface area contributed by atoms with Crippen molar-refractivity contribution in [3.05, 3.63) is 41.3 Å². The molecule has 0 aromatic carbocycles. The fourth-order valence-corrected chi connectivity index (χ4v) is 4.52. The molecule has 0 saturated carbocycles. The summed E-state index contributed by atoms with van der Waals surface area (Å²) in [6.07, 6.45) is 0. The van der Waals surface area contributed by atoms with Crippen molar-refractivity contribution in [1.82, 2.24) is 5.32 Å². The van der Waals surface area contributed by atoms with Gasteiger partial charge in [0.1, 0.15) is 0 Å². The van der Waals surface area contributed by atoms with Gasteiger partial charge in [-0.1, -0.05) is 6.92 Å². The normalized spacial score (nSPS) is 12.9. The largest absolute Gasteiger partial charge is 0.306 e. The third-order valence-corrected chi connectivity index (χ3v) is 5.70. The molecule has 0 bridgehead atoms. The summed E-state index contributed by atoms with van der Waals surface area (Å²) in [6.45, 7) is 7.55.